The van der Waals surface area contributed by atoms with E-state index in [9.17, 15) is 28.5 Å². The highest BCUT2D eigenvalue weighted by Gasteiger charge is 2.70. The summed E-state index contributed by atoms with van der Waals surface area (Å²) in [4.78, 5) is 12.0. The van der Waals surface area contributed by atoms with E-state index in [2.05, 4.69) is 20.3 Å². The van der Waals surface area contributed by atoms with E-state index in [-0.39, 0.29) is 11.2 Å². The van der Waals surface area contributed by atoms with Crippen LogP contribution in [0.25, 0.3) is 11.2 Å². The van der Waals surface area contributed by atoms with Crippen molar-refractivity contribution in [2.24, 2.45) is 5.73 Å². The summed E-state index contributed by atoms with van der Waals surface area (Å²) in [6, 6.07) is 0. The molecule has 13 heteroatoms. The van der Waals surface area contributed by atoms with Crippen molar-refractivity contribution < 1.29 is 33.2 Å². The second kappa shape index (κ2) is 6.59. The molecular formula is C13H17F3N6O4. The number of aliphatic hydroxyl groups excluding tert-OH is 2. The molecule has 0 unspecified atom stereocenters. The smallest absolute Gasteiger partial charge is 0.394 e. The summed E-state index contributed by atoms with van der Waals surface area (Å²) in [6.45, 7) is -0.454. The van der Waals surface area contributed by atoms with Gasteiger partial charge in [0.1, 0.15) is 18.5 Å². The summed E-state index contributed by atoms with van der Waals surface area (Å²) < 4.78 is 46.0. The first-order valence-electron chi connectivity index (χ1n) is 7.60. The number of ether oxygens (including phenoxy) is 1. The molecule has 10 nitrogen and oxygen atoms in total. The lowest BCUT2D eigenvalue weighted by Crippen LogP contribution is -2.59. The molecule has 0 aromatic carbocycles. The molecule has 144 valence electrons. The fourth-order valence-corrected chi connectivity index (χ4v) is 2.86. The number of halogens is 3. The van der Waals surface area contributed by atoms with Crippen LogP contribution < -0.4 is 11.1 Å². The van der Waals surface area contributed by atoms with Gasteiger partial charge in [-0.3, -0.25) is 4.57 Å². The maximum absolute atomic E-state index is 13.3. The number of nitrogens with two attached hydrogens (primary N) is 1. The standard InChI is InChI=1S/C13H17F3N6O4/c14-13(15,16)12(25)6(3-23)26-11(8(12)24)22-5-21-7-9(18-2-1-17)19-4-20-10(7)22/h4-6,8,11,23-25H,1-3,17H2,(H,18,19,20)/t6-,8+,11-,12-/m1/s1. The number of fused-ring (bicyclic) bond motifs is 1. The van der Waals surface area contributed by atoms with Gasteiger partial charge in [0.2, 0.25) is 5.60 Å². The van der Waals surface area contributed by atoms with E-state index in [1.54, 1.807) is 0 Å². The van der Waals surface area contributed by atoms with Gasteiger partial charge < -0.3 is 31.1 Å². The zero-order valence-electron chi connectivity index (χ0n) is 13.3. The number of aliphatic hydroxyl groups is 3. The number of anilines is 1. The van der Waals surface area contributed by atoms with Crippen LogP contribution in [0.5, 0.6) is 0 Å². The molecule has 0 spiro atoms. The molecule has 0 radical (unpaired) electrons. The Morgan fingerprint density at radius 1 is 1.35 bits per heavy atom. The van der Waals surface area contributed by atoms with Gasteiger partial charge >= 0.3 is 6.18 Å². The number of hydrogen-bond acceptors (Lipinski definition) is 9. The van der Waals surface area contributed by atoms with E-state index < -0.39 is 36.8 Å². The first-order chi connectivity index (χ1) is 12.3. The molecule has 2 aromatic heterocycles. The number of nitrogens with zero attached hydrogens (tertiary/aromatic N) is 4. The molecule has 6 N–H and O–H groups in total. The molecule has 3 rings (SSSR count). The second-order valence-electron chi connectivity index (χ2n) is 5.73. The van der Waals surface area contributed by atoms with Gasteiger partial charge in [-0.15, -0.1) is 0 Å². The van der Waals surface area contributed by atoms with Crippen molar-refractivity contribution in [1.82, 2.24) is 19.5 Å². The van der Waals surface area contributed by atoms with Gasteiger partial charge in [-0.1, -0.05) is 0 Å². The summed E-state index contributed by atoms with van der Waals surface area (Å²) in [6.07, 6.45) is -9.11. The lowest BCUT2D eigenvalue weighted by molar-refractivity contribution is -0.296. The summed E-state index contributed by atoms with van der Waals surface area (Å²) in [5, 5.41) is 32.2. The highest BCUT2D eigenvalue weighted by atomic mass is 19.4. The van der Waals surface area contributed by atoms with Crippen LogP contribution in [-0.4, -0.2) is 78.5 Å². The van der Waals surface area contributed by atoms with Gasteiger partial charge in [0, 0.05) is 13.1 Å². The molecule has 0 bridgehead atoms. The van der Waals surface area contributed by atoms with Crippen LogP contribution in [0.15, 0.2) is 12.7 Å². The van der Waals surface area contributed by atoms with Crippen LogP contribution in [-0.2, 0) is 4.74 Å². The molecule has 26 heavy (non-hydrogen) atoms. The van der Waals surface area contributed by atoms with Crippen molar-refractivity contribution in [3.63, 3.8) is 0 Å². The summed E-state index contributed by atoms with van der Waals surface area (Å²) in [5.41, 5.74) is 2.06. The van der Waals surface area contributed by atoms with Gasteiger partial charge in [0.15, 0.2) is 23.2 Å². The largest absolute Gasteiger partial charge is 0.422 e. The SMILES string of the molecule is NCCNc1ncnc2c1ncn2[C@@H]1O[C@H](CO)[C@](O)(C(F)(F)F)[C@H]1O. The number of aromatic nitrogens is 4. The predicted molar refractivity (Wildman–Crippen MR) is 80.9 cm³/mol. The number of alkyl halides is 3. The Morgan fingerprint density at radius 3 is 2.65 bits per heavy atom. The van der Waals surface area contributed by atoms with Crippen molar-refractivity contribution in [2.75, 3.05) is 25.0 Å². The maximum Gasteiger partial charge on any atom is 0.422 e. The van der Waals surface area contributed by atoms with E-state index in [0.717, 1.165) is 17.2 Å². The third-order valence-corrected chi connectivity index (χ3v) is 4.21. The molecule has 1 saturated heterocycles. The van der Waals surface area contributed by atoms with Gasteiger partial charge in [-0.25, -0.2) is 15.0 Å². The average molecular weight is 378 g/mol. The number of nitrogens with one attached hydrogen (secondary N) is 1. The summed E-state index contributed by atoms with van der Waals surface area (Å²) in [5.74, 6) is 0.302. The average Bonchev–Trinajstić information content (AvgIpc) is 3.13. The van der Waals surface area contributed by atoms with Gasteiger partial charge in [-0.05, 0) is 0 Å². The molecule has 2 aromatic rings. The Morgan fingerprint density at radius 2 is 2.08 bits per heavy atom. The molecule has 3 heterocycles. The molecule has 1 aliphatic heterocycles. The quantitative estimate of drug-likeness (QED) is 0.429. The van der Waals surface area contributed by atoms with Crippen molar-refractivity contribution in [1.29, 1.82) is 0 Å². The Bertz CT molecular complexity index is 787. The Kier molecular flexibility index (Phi) is 4.74. The minimum absolute atomic E-state index is 0.0756. The van der Waals surface area contributed by atoms with Crippen molar-refractivity contribution >= 4 is 17.0 Å². The van der Waals surface area contributed by atoms with Crippen molar-refractivity contribution in [3.8, 4) is 0 Å². The van der Waals surface area contributed by atoms with Crippen LogP contribution in [0.2, 0.25) is 0 Å². The van der Waals surface area contributed by atoms with E-state index in [4.69, 9.17) is 10.5 Å². The molecule has 0 amide bonds. The van der Waals surface area contributed by atoms with Gasteiger partial charge in [-0.2, -0.15) is 13.2 Å². The van der Waals surface area contributed by atoms with Gasteiger partial charge in [0.05, 0.1) is 12.9 Å². The molecular weight excluding hydrogens is 361 g/mol. The third-order valence-electron chi connectivity index (χ3n) is 4.21. The fraction of sp³-hybridized carbons (Fsp3) is 0.615. The van der Waals surface area contributed by atoms with Crippen LogP contribution in [0, 0.1) is 0 Å². The van der Waals surface area contributed by atoms with Crippen LogP contribution in [0.1, 0.15) is 6.23 Å². The second-order valence-corrected chi connectivity index (χ2v) is 5.73. The normalized spacial score (nSPS) is 29.4. The number of hydrogen-bond donors (Lipinski definition) is 5. The molecule has 1 aliphatic rings. The fourth-order valence-electron chi connectivity index (χ4n) is 2.86. The topological polar surface area (TPSA) is 152 Å². The van der Waals surface area contributed by atoms with Crippen molar-refractivity contribution in [2.45, 2.75) is 30.2 Å². The maximum atomic E-state index is 13.3. The zero-order chi connectivity index (χ0) is 19.1. The Hall–Kier alpha value is -2.06. The third kappa shape index (κ3) is 2.68. The van der Waals surface area contributed by atoms with E-state index in [1.165, 1.54) is 0 Å². The van der Waals surface area contributed by atoms with Crippen molar-refractivity contribution in [3.05, 3.63) is 12.7 Å². The van der Waals surface area contributed by atoms with Crippen LogP contribution in [0.4, 0.5) is 19.0 Å². The summed E-state index contributed by atoms with van der Waals surface area (Å²) >= 11 is 0. The molecule has 1 fully saturated rings. The Balaban J connectivity index is 2.02. The van der Waals surface area contributed by atoms with E-state index in [1.807, 2.05) is 0 Å². The monoisotopic (exact) mass is 378 g/mol. The van der Waals surface area contributed by atoms with E-state index >= 15 is 0 Å². The van der Waals surface area contributed by atoms with Crippen LogP contribution >= 0.6 is 0 Å². The predicted octanol–water partition coefficient (Wildman–Crippen LogP) is -1.26. The zero-order valence-corrected chi connectivity index (χ0v) is 13.3. The lowest BCUT2D eigenvalue weighted by atomic mass is 9.91. The summed E-state index contributed by atoms with van der Waals surface area (Å²) in [7, 11) is 0. The van der Waals surface area contributed by atoms with Crippen LogP contribution in [0.3, 0.4) is 0 Å². The first-order valence-corrected chi connectivity index (χ1v) is 7.60. The highest BCUT2D eigenvalue weighted by molar-refractivity contribution is 5.82. The molecule has 0 aliphatic carbocycles. The lowest BCUT2D eigenvalue weighted by Gasteiger charge is -2.31. The Labute approximate surface area is 144 Å². The number of rotatable bonds is 5. The minimum Gasteiger partial charge on any atom is -0.394 e. The highest BCUT2D eigenvalue weighted by Crippen LogP contribution is 2.47. The molecule has 4 atom stereocenters. The minimum atomic E-state index is -5.23. The van der Waals surface area contributed by atoms with Gasteiger partial charge in [0.25, 0.3) is 0 Å². The molecule has 0 saturated carbocycles. The first kappa shape index (κ1) is 18.7. The number of imidazole rings is 1. The van der Waals surface area contributed by atoms with E-state index in [0.29, 0.717) is 18.9 Å².